The largest absolute Gasteiger partial charge is 0.291 e. The number of aromatic nitrogens is 3. The fourth-order valence-corrected chi connectivity index (χ4v) is 1.59. The number of hydroxylamine groups is 1. The fourth-order valence-electron chi connectivity index (χ4n) is 1.59. The highest BCUT2D eigenvalue weighted by Gasteiger charge is 2.20. The average Bonchev–Trinajstić information content (AvgIpc) is 2.90. The SMILES string of the molecule is CC(C)(C)N(O)c1ccc(C(=O)Nc2ncn[nH]2)cc1. The molecule has 0 fully saturated rings. The molecule has 1 aromatic carbocycles. The first kappa shape index (κ1) is 14.0. The first-order valence-electron chi connectivity index (χ1n) is 6.14. The predicted octanol–water partition coefficient (Wildman–Crippen LogP) is 2.05. The number of nitrogens with one attached hydrogen (secondary N) is 2. The number of nitrogens with zero attached hydrogens (tertiary/aromatic N) is 3. The molecule has 2 aromatic rings. The number of H-pyrrole nitrogens is 1. The molecule has 0 saturated heterocycles. The summed E-state index contributed by atoms with van der Waals surface area (Å²) in [7, 11) is 0. The molecule has 0 unspecified atom stereocenters. The van der Waals surface area contributed by atoms with Gasteiger partial charge in [-0.25, -0.2) is 5.10 Å². The second-order valence-electron chi connectivity index (χ2n) is 5.32. The number of hydrogen-bond donors (Lipinski definition) is 3. The van der Waals surface area contributed by atoms with Crippen molar-refractivity contribution in [2.75, 3.05) is 10.4 Å². The molecule has 0 aliphatic rings. The number of aromatic amines is 1. The van der Waals surface area contributed by atoms with Gasteiger partial charge in [0.2, 0.25) is 5.95 Å². The van der Waals surface area contributed by atoms with Crippen LogP contribution in [-0.4, -0.2) is 31.8 Å². The van der Waals surface area contributed by atoms with Crippen LogP contribution in [0.4, 0.5) is 11.6 Å². The van der Waals surface area contributed by atoms with Crippen molar-refractivity contribution < 1.29 is 10.0 Å². The minimum atomic E-state index is -0.413. The van der Waals surface area contributed by atoms with Crippen LogP contribution in [0.3, 0.4) is 0 Å². The Morgan fingerprint density at radius 3 is 2.45 bits per heavy atom. The van der Waals surface area contributed by atoms with Crippen molar-refractivity contribution in [3.63, 3.8) is 0 Å². The zero-order valence-corrected chi connectivity index (χ0v) is 11.6. The highest BCUT2D eigenvalue weighted by molar-refractivity contribution is 6.03. The summed E-state index contributed by atoms with van der Waals surface area (Å²) in [5.41, 5.74) is 0.671. The van der Waals surface area contributed by atoms with E-state index in [0.717, 1.165) is 5.06 Å². The van der Waals surface area contributed by atoms with Crippen LogP contribution in [-0.2, 0) is 0 Å². The van der Waals surface area contributed by atoms with Crippen LogP contribution < -0.4 is 10.4 Å². The Morgan fingerprint density at radius 2 is 1.95 bits per heavy atom. The van der Waals surface area contributed by atoms with E-state index in [-0.39, 0.29) is 11.9 Å². The van der Waals surface area contributed by atoms with E-state index in [1.54, 1.807) is 24.3 Å². The van der Waals surface area contributed by atoms with Crippen LogP contribution in [0.25, 0.3) is 0 Å². The van der Waals surface area contributed by atoms with Gasteiger partial charge in [-0.3, -0.25) is 20.4 Å². The lowest BCUT2D eigenvalue weighted by atomic mass is 10.1. The van der Waals surface area contributed by atoms with Gasteiger partial charge in [0, 0.05) is 5.56 Å². The molecule has 1 aromatic heterocycles. The summed E-state index contributed by atoms with van der Waals surface area (Å²) >= 11 is 0. The molecule has 20 heavy (non-hydrogen) atoms. The van der Waals surface area contributed by atoms with Crippen molar-refractivity contribution >= 4 is 17.5 Å². The number of amides is 1. The lowest BCUT2D eigenvalue weighted by Crippen LogP contribution is -2.38. The van der Waals surface area contributed by atoms with Crippen LogP contribution >= 0.6 is 0 Å². The highest BCUT2D eigenvalue weighted by atomic mass is 16.5. The third-order valence-corrected chi connectivity index (χ3v) is 2.66. The van der Waals surface area contributed by atoms with Gasteiger partial charge in [-0.2, -0.15) is 10.1 Å². The Bertz CT molecular complexity index is 572. The Balaban J connectivity index is 2.10. The van der Waals surface area contributed by atoms with E-state index in [1.807, 2.05) is 20.8 Å². The second-order valence-corrected chi connectivity index (χ2v) is 5.32. The number of carbonyl (C=O) groups excluding carboxylic acids is 1. The van der Waals surface area contributed by atoms with Gasteiger partial charge in [0.25, 0.3) is 5.91 Å². The molecule has 7 nitrogen and oxygen atoms in total. The zero-order chi connectivity index (χ0) is 14.8. The van der Waals surface area contributed by atoms with Crippen molar-refractivity contribution in [3.8, 4) is 0 Å². The molecule has 7 heteroatoms. The number of hydrogen-bond acceptors (Lipinski definition) is 5. The fraction of sp³-hybridized carbons (Fsp3) is 0.308. The average molecular weight is 275 g/mol. The first-order valence-corrected chi connectivity index (χ1v) is 6.14. The third kappa shape index (κ3) is 3.12. The topological polar surface area (TPSA) is 94.1 Å². The van der Waals surface area contributed by atoms with Gasteiger partial charge in [-0.05, 0) is 45.0 Å². The Labute approximate surface area is 116 Å². The summed E-state index contributed by atoms with van der Waals surface area (Å²) in [6.07, 6.45) is 1.31. The number of carbonyl (C=O) groups is 1. The van der Waals surface area contributed by atoms with E-state index in [4.69, 9.17) is 0 Å². The third-order valence-electron chi connectivity index (χ3n) is 2.66. The quantitative estimate of drug-likeness (QED) is 0.745. The van der Waals surface area contributed by atoms with E-state index in [2.05, 4.69) is 20.5 Å². The molecular formula is C13H17N5O2. The van der Waals surface area contributed by atoms with Gasteiger partial charge in [0.1, 0.15) is 6.33 Å². The van der Waals surface area contributed by atoms with Crippen LogP contribution in [0.2, 0.25) is 0 Å². The van der Waals surface area contributed by atoms with E-state index in [9.17, 15) is 10.0 Å². The predicted molar refractivity (Wildman–Crippen MR) is 74.8 cm³/mol. The standard InChI is InChI=1S/C13H17N5O2/c1-13(2,3)18(20)10-6-4-9(5-7-10)11(19)16-12-14-8-15-17-12/h4-8,20H,1-3H3,(H2,14,15,16,17,19). The lowest BCUT2D eigenvalue weighted by Gasteiger charge is -2.31. The van der Waals surface area contributed by atoms with Gasteiger partial charge in [0.15, 0.2) is 0 Å². The Kier molecular flexibility index (Phi) is 3.71. The molecule has 0 atom stereocenters. The van der Waals surface area contributed by atoms with Gasteiger partial charge in [0.05, 0.1) is 11.2 Å². The summed E-state index contributed by atoms with van der Waals surface area (Å²) in [6.45, 7) is 5.66. The molecule has 0 aliphatic carbocycles. The maximum absolute atomic E-state index is 11.9. The van der Waals surface area contributed by atoms with Crippen molar-refractivity contribution in [1.82, 2.24) is 15.2 Å². The van der Waals surface area contributed by atoms with Crippen LogP contribution in [0.5, 0.6) is 0 Å². The molecule has 0 bridgehead atoms. The van der Waals surface area contributed by atoms with Crippen molar-refractivity contribution in [2.45, 2.75) is 26.3 Å². The smallest absolute Gasteiger partial charge is 0.258 e. The number of rotatable bonds is 3. The first-order chi connectivity index (χ1) is 9.38. The van der Waals surface area contributed by atoms with Gasteiger partial charge in [-0.15, -0.1) is 0 Å². The highest BCUT2D eigenvalue weighted by Crippen LogP contribution is 2.21. The second kappa shape index (κ2) is 5.30. The normalized spacial score (nSPS) is 11.2. The molecule has 106 valence electrons. The molecule has 1 heterocycles. The summed E-state index contributed by atoms with van der Waals surface area (Å²) in [4.78, 5) is 15.7. The molecule has 0 aliphatic heterocycles. The molecular weight excluding hydrogens is 258 g/mol. The van der Waals surface area contributed by atoms with E-state index in [1.165, 1.54) is 6.33 Å². The van der Waals surface area contributed by atoms with Crippen LogP contribution in [0.15, 0.2) is 30.6 Å². The van der Waals surface area contributed by atoms with Crippen LogP contribution in [0, 0.1) is 0 Å². The summed E-state index contributed by atoms with van der Waals surface area (Å²) < 4.78 is 0. The van der Waals surface area contributed by atoms with Gasteiger partial charge in [-0.1, -0.05) is 0 Å². The van der Waals surface area contributed by atoms with Crippen molar-refractivity contribution in [1.29, 1.82) is 0 Å². The Morgan fingerprint density at radius 1 is 1.30 bits per heavy atom. The maximum atomic E-state index is 11.9. The van der Waals surface area contributed by atoms with E-state index in [0.29, 0.717) is 11.3 Å². The van der Waals surface area contributed by atoms with Gasteiger partial charge < -0.3 is 0 Å². The minimum Gasteiger partial charge on any atom is -0.291 e. The summed E-state index contributed by atoms with van der Waals surface area (Å²) in [6, 6.07) is 6.63. The monoisotopic (exact) mass is 275 g/mol. The van der Waals surface area contributed by atoms with E-state index < -0.39 is 5.54 Å². The Hall–Kier alpha value is -2.41. The molecule has 0 spiro atoms. The molecule has 0 saturated carbocycles. The number of anilines is 2. The maximum Gasteiger partial charge on any atom is 0.258 e. The number of benzene rings is 1. The molecule has 3 N–H and O–H groups in total. The summed E-state index contributed by atoms with van der Waals surface area (Å²) in [5.74, 6) is -0.00824. The van der Waals surface area contributed by atoms with E-state index >= 15 is 0 Å². The molecule has 2 rings (SSSR count). The van der Waals surface area contributed by atoms with Crippen LogP contribution in [0.1, 0.15) is 31.1 Å². The molecule has 0 radical (unpaired) electrons. The molecule has 1 amide bonds. The van der Waals surface area contributed by atoms with Gasteiger partial charge >= 0.3 is 0 Å². The minimum absolute atomic E-state index is 0.289. The van der Waals surface area contributed by atoms with Crippen molar-refractivity contribution in [2.24, 2.45) is 0 Å². The zero-order valence-electron chi connectivity index (χ0n) is 11.6. The van der Waals surface area contributed by atoms with Crippen molar-refractivity contribution in [3.05, 3.63) is 36.2 Å². The lowest BCUT2D eigenvalue weighted by molar-refractivity contribution is 0.102. The summed E-state index contributed by atoms with van der Waals surface area (Å²) in [5, 5.41) is 19.9.